The van der Waals surface area contributed by atoms with Gasteiger partial charge in [0, 0.05) is 24.7 Å². The van der Waals surface area contributed by atoms with Crippen molar-refractivity contribution < 1.29 is 4.39 Å². The van der Waals surface area contributed by atoms with E-state index in [0.29, 0.717) is 5.56 Å². The Labute approximate surface area is 63.8 Å². The van der Waals surface area contributed by atoms with Gasteiger partial charge in [-0.1, -0.05) is 0 Å². The molecule has 1 N–H and O–H groups in total. The number of aromatic nitrogens is 2. The molecule has 0 unspecified atom stereocenters. The number of H-pyrrole nitrogens is 1. The first kappa shape index (κ1) is 8.04. The zero-order valence-corrected chi connectivity index (χ0v) is 6.65. The highest BCUT2D eigenvalue weighted by Gasteiger charge is 2.06. The zero-order valence-electron chi connectivity index (χ0n) is 6.65. The second-order valence-corrected chi connectivity index (χ2v) is 2.52. The molecule has 1 heterocycles. The number of hydrogen-bond acceptors (Lipinski definition) is 1. The number of nitrogens with zero attached hydrogens (tertiary/aromatic N) is 1. The molecule has 0 atom stereocenters. The van der Waals surface area contributed by atoms with E-state index in [1.807, 2.05) is 0 Å². The molecule has 0 aliphatic heterocycles. The maximum absolute atomic E-state index is 11.9. The molecule has 0 amide bonds. The molecule has 4 heteroatoms. The minimum atomic E-state index is -0.478. The Morgan fingerprint density at radius 2 is 2.27 bits per heavy atom. The van der Waals surface area contributed by atoms with Crippen molar-refractivity contribution in [2.75, 3.05) is 6.67 Å². The molecule has 3 nitrogen and oxygen atoms in total. The molecule has 0 aliphatic carbocycles. The standard InChI is InChI=1S/C7H11FN2O/c1-5-6(3-4-8)7(11)10(2)9-5/h9H,3-4H2,1-2H3. The summed E-state index contributed by atoms with van der Waals surface area (Å²) in [6.07, 6.45) is 0.210. The minimum Gasteiger partial charge on any atom is -0.300 e. The maximum atomic E-state index is 11.9. The van der Waals surface area contributed by atoms with E-state index >= 15 is 0 Å². The molecule has 0 aromatic carbocycles. The van der Waals surface area contributed by atoms with Crippen LogP contribution in [-0.2, 0) is 13.5 Å². The van der Waals surface area contributed by atoms with Gasteiger partial charge in [-0.2, -0.15) is 0 Å². The highest BCUT2D eigenvalue weighted by molar-refractivity contribution is 5.15. The molecule has 0 bridgehead atoms. The first-order valence-electron chi connectivity index (χ1n) is 3.47. The second-order valence-electron chi connectivity index (χ2n) is 2.52. The number of nitrogens with one attached hydrogen (secondary N) is 1. The third kappa shape index (κ3) is 1.34. The average Bonchev–Trinajstić information content (AvgIpc) is 2.17. The SMILES string of the molecule is Cc1[nH]n(C)c(=O)c1CCF. The summed E-state index contributed by atoms with van der Waals surface area (Å²) in [5, 5.41) is 2.80. The van der Waals surface area contributed by atoms with Crippen LogP contribution >= 0.6 is 0 Å². The first-order valence-corrected chi connectivity index (χ1v) is 3.47. The molecule has 62 valence electrons. The van der Waals surface area contributed by atoms with Gasteiger partial charge >= 0.3 is 0 Å². The van der Waals surface area contributed by atoms with Crippen LogP contribution in [0.3, 0.4) is 0 Å². The molecule has 1 aromatic heterocycles. The van der Waals surface area contributed by atoms with Crippen LogP contribution in [0.25, 0.3) is 0 Å². The van der Waals surface area contributed by atoms with Crippen LogP contribution in [0, 0.1) is 6.92 Å². The molecule has 11 heavy (non-hydrogen) atoms. The van der Waals surface area contributed by atoms with Gasteiger partial charge in [0.15, 0.2) is 0 Å². The molecular weight excluding hydrogens is 147 g/mol. The van der Waals surface area contributed by atoms with Crippen molar-refractivity contribution in [3.63, 3.8) is 0 Å². The summed E-state index contributed by atoms with van der Waals surface area (Å²) >= 11 is 0. The third-order valence-electron chi connectivity index (χ3n) is 1.70. The van der Waals surface area contributed by atoms with Crippen LogP contribution in [0.2, 0.25) is 0 Å². The summed E-state index contributed by atoms with van der Waals surface area (Å²) in [6.45, 7) is 1.29. The predicted molar refractivity (Wildman–Crippen MR) is 40.4 cm³/mol. The van der Waals surface area contributed by atoms with E-state index in [1.54, 1.807) is 14.0 Å². The number of rotatable bonds is 2. The Morgan fingerprint density at radius 1 is 1.64 bits per heavy atom. The molecule has 0 spiro atoms. The number of hydrogen-bond donors (Lipinski definition) is 1. The van der Waals surface area contributed by atoms with Crippen molar-refractivity contribution in [3.05, 3.63) is 21.6 Å². The van der Waals surface area contributed by atoms with Gasteiger partial charge in [-0.05, 0) is 6.92 Å². The summed E-state index contributed by atoms with van der Waals surface area (Å²) < 4.78 is 13.2. The fourth-order valence-electron chi connectivity index (χ4n) is 1.12. The van der Waals surface area contributed by atoms with E-state index in [2.05, 4.69) is 5.10 Å². The van der Waals surface area contributed by atoms with E-state index in [0.717, 1.165) is 5.69 Å². The van der Waals surface area contributed by atoms with Crippen molar-refractivity contribution in [3.8, 4) is 0 Å². The Morgan fingerprint density at radius 3 is 2.64 bits per heavy atom. The van der Waals surface area contributed by atoms with E-state index in [4.69, 9.17) is 0 Å². The molecule has 0 radical (unpaired) electrons. The van der Waals surface area contributed by atoms with Gasteiger partial charge in [0.1, 0.15) is 0 Å². The fourth-order valence-corrected chi connectivity index (χ4v) is 1.12. The summed E-state index contributed by atoms with van der Waals surface area (Å²) in [5.74, 6) is 0. The Kier molecular flexibility index (Phi) is 2.12. The number of alkyl halides is 1. The van der Waals surface area contributed by atoms with E-state index in [9.17, 15) is 9.18 Å². The molecular formula is C7H11FN2O. The summed E-state index contributed by atoms with van der Waals surface area (Å²) in [6, 6.07) is 0. The van der Waals surface area contributed by atoms with E-state index in [1.165, 1.54) is 4.68 Å². The number of halogens is 1. The van der Waals surface area contributed by atoms with Crippen molar-refractivity contribution >= 4 is 0 Å². The predicted octanol–water partition coefficient (Wildman–Crippen LogP) is 0.534. The van der Waals surface area contributed by atoms with Gasteiger partial charge in [-0.15, -0.1) is 0 Å². The highest BCUT2D eigenvalue weighted by Crippen LogP contribution is 1.98. The molecule has 0 saturated carbocycles. The Bertz CT molecular complexity index is 300. The van der Waals surface area contributed by atoms with Crippen LogP contribution in [0.15, 0.2) is 4.79 Å². The van der Waals surface area contributed by atoms with Crippen LogP contribution in [0.1, 0.15) is 11.3 Å². The van der Waals surface area contributed by atoms with Gasteiger partial charge in [0.25, 0.3) is 5.56 Å². The van der Waals surface area contributed by atoms with Gasteiger partial charge < -0.3 is 0 Å². The first-order chi connectivity index (χ1) is 5.16. The number of aromatic amines is 1. The van der Waals surface area contributed by atoms with Gasteiger partial charge in [-0.3, -0.25) is 19.0 Å². The molecule has 1 aromatic rings. The van der Waals surface area contributed by atoms with E-state index in [-0.39, 0.29) is 12.0 Å². The van der Waals surface area contributed by atoms with Crippen LogP contribution in [-0.4, -0.2) is 16.5 Å². The lowest BCUT2D eigenvalue weighted by atomic mass is 10.2. The Balaban J connectivity index is 3.12. The molecule has 0 saturated heterocycles. The van der Waals surface area contributed by atoms with Crippen molar-refractivity contribution in [2.45, 2.75) is 13.3 Å². The Hall–Kier alpha value is -1.06. The lowest BCUT2D eigenvalue weighted by Crippen LogP contribution is -2.15. The largest absolute Gasteiger partial charge is 0.300 e. The normalized spacial score (nSPS) is 10.5. The van der Waals surface area contributed by atoms with Crippen molar-refractivity contribution in [1.82, 2.24) is 9.78 Å². The summed E-state index contributed by atoms with van der Waals surface area (Å²) in [5.41, 5.74) is 1.19. The monoisotopic (exact) mass is 158 g/mol. The lowest BCUT2D eigenvalue weighted by Gasteiger charge is -1.88. The summed E-state index contributed by atoms with van der Waals surface area (Å²) in [4.78, 5) is 11.1. The fraction of sp³-hybridized carbons (Fsp3) is 0.571. The third-order valence-corrected chi connectivity index (χ3v) is 1.70. The quantitative estimate of drug-likeness (QED) is 0.670. The molecule has 0 aliphatic rings. The minimum absolute atomic E-state index is 0.125. The zero-order chi connectivity index (χ0) is 8.43. The number of aryl methyl sites for hydroxylation is 2. The van der Waals surface area contributed by atoms with Gasteiger partial charge in [-0.25, -0.2) is 0 Å². The van der Waals surface area contributed by atoms with Gasteiger partial charge in [0.05, 0.1) is 6.67 Å². The summed E-state index contributed by atoms with van der Waals surface area (Å²) in [7, 11) is 1.62. The highest BCUT2D eigenvalue weighted by atomic mass is 19.1. The van der Waals surface area contributed by atoms with Crippen molar-refractivity contribution in [1.29, 1.82) is 0 Å². The maximum Gasteiger partial charge on any atom is 0.269 e. The molecule has 1 rings (SSSR count). The lowest BCUT2D eigenvalue weighted by molar-refractivity contribution is 0.494. The van der Waals surface area contributed by atoms with Gasteiger partial charge in [0.2, 0.25) is 0 Å². The van der Waals surface area contributed by atoms with Crippen LogP contribution in [0.4, 0.5) is 4.39 Å². The smallest absolute Gasteiger partial charge is 0.269 e. The van der Waals surface area contributed by atoms with E-state index < -0.39 is 6.67 Å². The average molecular weight is 158 g/mol. The van der Waals surface area contributed by atoms with Crippen molar-refractivity contribution in [2.24, 2.45) is 7.05 Å². The second kappa shape index (κ2) is 2.90. The molecule has 0 fully saturated rings. The van der Waals surface area contributed by atoms with Crippen LogP contribution in [0.5, 0.6) is 0 Å². The van der Waals surface area contributed by atoms with Crippen LogP contribution < -0.4 is 5.56 Å². The topological polar surface area (TPSA) is 37.8 Å².